The zero-order valence-corrected chi connectivity index (χ0v) is 16.2. The van der Waals surface area contributed by atoms with E-state index in [0.29, 0.717) is 0 Å². The van der Waals surface area contributed by atoms with Gasteiger partial charge in [-0.25, -0.2) is 0 Å². The van der Waals surface area contributed by atoms with Gasteiger partial charge in [0.25, 0.3) is 0 Å². The average molecular weight is 397 g/mol. The molecule has 1 aliphatic rings. The Morgan fingerprint density at radius 1 is 0.625 bits per heavy atom. The van der Waals surface area contributed by atoms with Gasteiger partial charge in [0.1, 0.15) is 0 Å². The van der Waals surface area contributed by atoms with E-state index in [9.17, 15) is 0 Å². The standard InChI is InChI=1S/C22H22BrP/c23-24(18-19-16-17-19,20-10-4-1-5-11-20,21-12-6-2-7-13-21)22-14-8-3-9-15-22/h1-15,19H,16-18H2. The molecule has 1 saturated carbocycles. The van der Waals surface area contributed by atoms with Crippen LogP contribution in [0.1, 0.15) is 12.8 Å². The normalized spacial score (nSPS) is 16.3. The van der Waals surface area contributed by atoms with Crippen molar-refractivity contribution in [3.05, 3.63) is 91.0 Å². The van der Waals surface area contributed by atoms with Gasteiger partial charge >= 0.3 is 153 Å². The molecule has 1 aliphatic carbocycles. The zero-order chi connectivity index (χ0) is 16.5. The molecular formula is C22H22BrP. The van der Waals surface area contributed by atoms with Gasteiger partial charge in [0.2, 0.25) is 0 Å². The molecule has 0 aliphatic heterocycles. The Morgan fingerprint density at radius 3 is 1.25 bits per heavy atom. The van der Waals surface area contributed by atoms with Gasteiger partial charge in [0.05, 0.1) is 0 Å². The fourth-order valence-electron chi connectivity index (χ4n) is 3.77. The molecule has 0 unspecified atom stereocenters. The van der Waals surface area contributed by atoms with Crippen LogP contribution in [-0.2, 0) is 0 Å². The van der Waals surface area contributed by atoms with Crippen LogP contribution in [-0.4, -0.2) is 6.16 Å². The summed E-state index contributed by atoms with van der Waals surface area (Å²) in [5, 5.41) is 1.69. The van der Waals surface area contributed by atoms with Gasteiger partial charge in [-0.2, -0.15) is 0 Å². The summed E-state index contributed by atoms with van der Waals surface area (Å²) in [6, 6.07) is 33.3. The summed E-state index contributed by atoms with van der Waals surface area (Å²) < 4.78 is 0. The summed E-state index contributed by atoms with van der Waals surface area (Å²) in [4.78, 5) is 0. The van der Waals surface area contributed by atoms with Gasteiger partial charge < -0.3 is 0 Å². The second-order valence-electron chi connectivity index (χ2n) is 6.82. The molecule has 1 fully saturated rings. The van der Waals surface area contributed by atoms with Crippen LogP contribution in [0.3, 0.4) is 0 Å². The van der Waals surface area contributed by atoms with Crippen molar-refractivity contribution < 1.29 is 0 Å². The molecule has 0 heterocycles. The molecule has 0 N–H and O–H groups in total. The summed E-state index contributed by atoms with van der Waals surface area (Å²) in [7, 11) is 0. The molecule has 2 heteroatoms. The van der Waals surface area contributed by atoms with E-state index in [-0.39, 0.29) is 0 Å². The Balaban J connectivity index is 2.07. The van der Waals surface area contributed by atoms with Crippen molar-refractivity contribution in [2.24, 2.45) is 5.92 Å². The van der Waals surface area contributed by atoms with Crippen molar-refractivity contribution in [2.75, 3.05) is 6.16 Å². The van der Waals surface area contributed by atoms with E-state index in [1.54, 1.807) is 0 Å². The Hall–Kier alpha value is -1.43. The van der Waals surface area contributed by atoms with E-state index in [2.05, 4.69) is 106 Å². The van der Waals surface area contributed by atoms with Crippen molar-refractivity contribution in [1.29, 1.82) is 0 Å². The van der Waals surface area contributed by atoms with E-state index in [4.69, 9.17) is 0 Å². The van der Waals surface area contributed by atoms with Gasteiger partial charge in [0.15, 0.2) is 0 Å². The average Bonchev–Trinajstić information content (AvgIpc) is 3.48. The van der Waals surface area contributed by atoms with Crippen LogP contribution in [0.15, 0.2) is 91.0 Å². The maximum absolute atomic E-state index is 4.49. The van der Waals surface area contributed by atoms with E-state index in [1.807, 2.05) is 0 Å². The zero-order valence-electron chi connectivity index (χ0n) is 13.7. The van der Waals surface area contributed by atoms with Gasteiger partial charge in [-0.1, -0.05) is 0 Å². The molecule has 24 heavy (non-hydrogen) atoms. The molecule has 0 spiro atoms. The second-order valence-corrected chi connectivity index (χ2v) is 15.8. The van der Waals surface area contributed by atoms with Crippen LogP contribution >= 0.6 is 20.8 Å². The van der Waals surface area contributed by atoms with Crippen LogP contribution < -0.4 is 15.9 Å². The van der Waals surface area contributed by atoms with E-state index in [1.165, 1.54) is 34.9 Å². The fourth-order valence-corrected chi connectivity index (χ4v) is 12.4. The van der Waals surface area contributed by atoms with Crippen molar-refractivity contribution in [3.63, 3.8) is 0 Å². The van der Waals surface area contributed by atoms with Crippen LogP contribution in [0.2, 0.25) is 0 Å². The quantitative estimate of drug-likeness (QED) is 0.517. The molecule has 0 radical (unpaired) electrons. The third-order valence-corrected chi connectivity index (χ3v) is 15.1. The molecular weight excluding hydrogens is 375 g/mol. The van der Waals surface area contributed by atoms with E-state index in [0.717, 1.165) is 5.92 Å². The predicted octanol–water partition coefficient (Wildman–Crippen LogP) is 5.24. The third kappa shape index (κ3) is 2.55. The molecule has 0 saturated heterocycles. The summed E-state index contributed by atoms with van der Waals surface area (Å²) in [6.07, 6.45) is 3.93. The Labute approximate surface area is 152 Å². The number of halogens is 1. The van der Waals surface area contributed by atoms with Gasteiger partial charge in [-0.3, -0.25) is 0 Å². The van der Waals surface area contributed by atoms with Crippen molar-refractivity contribution in [3.8, 4) is 0 Å². The molecule has 0 aromatic heterocycles. The van der Waals surface area contributed by atoms with Crippen molar-refractivity contribution >= 4 is 36.7 Å². The molecule has 4 rings (SSSR count). The molecule has 0 atom stereocenters. The van der Waals surface area contributed by atoms with E-state index < -0.39 is 5.31 Å². The van der Waals surface area contributed by atoms with E-state index >= 15 is 0 Å². The molecule has 3 aromatic rings. The Kier molecular flexibility index (Phi) is 4.11. The molecule has 0 bridgehead atoms. The topological polar surface area (TPSA) is 0 Å². The fraction of sp³-hybridized carbons (Fsp3) is 0.182. The van der Waals surface area contributed by atoms with Crippen molar-refractivity contribution in [2.45, 2.75) is 12.8 Å². The van der Waals surface area contributed by atoms with Crippen LogP contribution in [0.4, 0.5) is 0 Å². The second kappa shape index (κ2) is 6.14. The minimum absolute atomic E-state index is 0.822. The van der Waals surface area contributed by atoms with Gasteiger partial charge in [-0.15, -0.1) is 0 Å². The predicted molar refractivity (Wildman–Crippen MR) is 112 cm³/mol. The van der Waals surface area contributed by atoms with Crippen LogP contribution in [0.25, 0.3) is 0 Å². The summed E-state index contributed by atoms with van der Waals surface area (Å²) in [6.45, 7) is 0. The first-order valence-corrected chi connectivity index (χ1v) is 13.1. The number of hydrogen-bond acceptors (Lipinski definition) is 0. The number of hydrogen-bond donors (Lipinski definition) is 0. The number of rotatable bonds is 5. The summed E-state index contributed by atoms with van der Waals surface area (Å²) >= 11 is 4.49. The van der Waals surface area contributed by atoms with Gasteiger partial charge in [-0.05, 0) is 0 Å². The maximum atomic E-state index is 4.49. The first-order valence-electron chi connectivity index (χ1n) is 8.61. The Morgan fingerprint density at radius 2 is 0.958 bits per heavy atom. The summed E-state index contributed by atoms with van der Waals surface area (Å²) in [5.41, 5.74) is 0. The Bertz CT molecular complexity index is 711. The van der Waals surface area contributed by atoms with Crippen LogP contribution in [0, 0.1) is 5.92 Å². The van der Waals surface area contributed by atoms with Gasteiger partial charge in [0, 0.05) is 0 Å². The first-order chi connectivity index (χ1) is 11.7. The summed E-state index contributed by atoms with van der Waals surface area (Å²) in [5.74, 6) is 0.822. The molecule has 3 aromatic carbocycles. The van der Waals surface area contributed by atoms with Crippen LogP contribution in [0.5, 0.6) is 0 Å². The molecule has 0 nitrogen and oxygen atoms in total. The van der Waals surface area contributed by atoms with Crippen molar-refractivity contribution in [1.82, 2.24) is 0 Å². The first kappa shape index (κ1) is 16.1. The SMILES string of the molecule is BrP(CC1CC1)(c1ccccc1)(c1ccccc1)c1ccccc1. The third-order valence-electron chi connectivity index (χ3n) is 5.18. The molecule has 122 valence electrons. The number of benzene rings is 3. The monoisotopic (exact) mass is 396 g/mol. The molecule has 0 amide bonds. The minimum atomic E-state index is -2.62.